The fraction of sp³-hybridized carbons (Fsp3) is 0.290. The fourth-order valence-electron chi connectivity index (χ4n) is 4.79. The number of benzene rings is 2. The monoisotopic (exact) mass is 496 g/mol. The lowest BCUT2D eigenvalue weighted by Crippen LogP contribution is -2.18. The molecular weight excluding hydrogens is 464 g/mol. The highest BCUT2D eigenvalue weighted by atomic mass is 16.5. The summed E-state index contributed by atoms with van der Waals surface area (Å²) in [7, 11) is 1.65. The van der Waals surface area contributed by atoms with Crippen molar-refractivity contribution in [2.24, 2.45) is 0 Å². The molecule has 0 unspecified atom stereocenters. The quantitative estimate of drug-likeness (QED) is 0.273. The number of ether oxygens (including phenoxy) is 3. The average Bonchev–Trinajstić information content (AvgIpc) is 3.41. The third-order valence-corrected chi connectivity index (χ3v) is 6.49. The average molecular weight is 497 g/mol. The third kappa shape index (κ3) is 5.38. The Hall–Kier alpha value is -4.06. The molecule has 2 heterocycles. The van der Waals surface area contributed by atoms with E-state index in [1.807, 2.05) is 86.7 Å². The second-order valence-electron chi connectivity index (χ2n) is 9.54. The lowest BCUT2D eigenvalue weighted by Gasteiger charge is -2.18. The molecule has 5 rings (SSSR count). The largest absolute Gasteiger partial charge is 0.493 e. The Labute approximate surface area is 217 Å². The van der Waals surface area contributed by atoms with Crippen molar-refractivity contribution < 1.29 is 14.2 Å². The summed E-state index contributed by atoms with van der Waals surface area (Å²) in [4.78, 5) is 18.6. The van der Waals surface area contributed by atoms with Gasteiger partial charge in [0.15, 0.2) is 11.5 Å². The van der Waals surface area contributed by atoms with Gasteiger partial charge in [0.2, 0.25) is 0 Å². The van der Waals surface area contributed by atoms with Gasteiger partial charge in [-0.1, -0.05) is 30.3 Å². The first kappa shape index (κ1) is 24.6. The molecule has 1 saturated carbocycles. The number of rotatable bonds is 8. The number of aromatic nitrogens is 2. The molecule has 190 valence electrons. The summed E-state index contributed by atoms with van der Waals surface area (Å²) in [5.41, 5.74) is 3.16. The Bertz CT molecular complexity index is 1480. The van der Waals surface area contributed by atoms with E-state index in [4.69, 9.17) is 19.2 Å². The van der Waals surface area contributed by atoms with Crippen molar-refractivity contribution in [2.45, 2.75) is 51.7 Å². The predicted octanol–water partition coefficient (Wildman–Crippen LogP) is 6.65. The number of methoxy groups -OCH3 is 1. The molecule has 0 bridgehead atoms. The summed E-state index contributed by atoms with van der Waals surface area (Å²) >= 11 is 0. The van der Waals surface area contributed by atoms with E-state index < -0.39 is 0 Å². The smallest absolute Gasteiger partial charge is 0.266 e. The molecule has 0 aliphatic heterocycles. The maximum Gasteiger partial charge on any atom is 0.266 e. The van der Waals surface area contributed by atoms with E-state index in [9.17, 15) is 4.79 Å². The van der Waals surface area contributed by atoms with E-state index in [1.165, 1.54) is 12.8 Å². The number of hydrogen-bond acceptors (Lipinski definition) is 5. The maximum atomic E-state index is 13.7. The summed E-state index contributed by atoms with van der Waals surface area (Å²) in [6, 6.07) is 19.0. The van der Waals surface area contributed by atoms with Crippen molar-refractivity contribution in [2.75, 3.05) is 7.11 Å². The van der Waals surface area contributed by atoms with Crippen LogP contribution in [0.1, 0.15) is 50.8 Å². The van der Waals surface area contributed by atoms with E-state index in [0.717, 1.165) is 29.7 Å². The summed E-state index contributed by atoms with van der Waals surface area (Å²) in [5, 5.41) is 0. The standard InChI is InChI=1S/C31H32N2O4/c1-21(2)36-25-14-8-11-23(20-25)29-26(32-28-16-6-7-19-33(28)31(29)34)18-17-22-10-9-15-27(35-3)30(22)37-24-12-4-5-13-24/h6-11,14-21,24H,4-5,12-13H2,1-3H3. The van der Waals surface area contributed by atoms with Gasteiger partial charge in [-0.2, -0.15) is 0 Å². The van der Waals surface area contributed by atoms with Crippen LogP contribution in [0.15, 0.2) is 71.7 Å². The summed E-state index contributed by atoms with van der Waals surface area (Å²) in [5.74, 6) is 2.12. The van der Waals surface area contributed by atoms with Crippen molar-refractivity contribution in [3.63, 3.8) is 0 Å². The second-order valence-corrected chi connectivity index (χ2v) is 9.54. The van der Waals surface area contributed by atoms with Crippen molar-refractivity contribution >= 4 is 17.8 Å². The van der Waals surface area contributed by atoms with Crippen LogP contribution in [-0.2, 0) is 0 Å². The first-order valence-corrected chi connectivity index (χ1v) is 12.8. The van der Waals surface area contributed by atoms with Gasteiger partial charge in [-0.15, -0.1) is 0 Å². The Morgan fingerprint density at radius 3 is 2.59 bits per heavy atom. The predicted molar refractivity (Wildman–Crippen MR) is 147 cm³/mol. The van der Waals surface area contributed by atoms with Crippen LogP contribution in [0.25, 0.3) is 28.9 Å². The van der Waals surface area contributed by atoms with Gasteiger partial charge < -0.3 is 14.2 Å². The lowest BCUT2D eigenvalue weighted by atomic mass is 10.0. The van der Waals surface area contributed by atoms with Crippen LogP contribution < -0.4 is 19.8 Å². The first-order chi connectivity index (χ1) is 18.0. The summed E-state index contributed by atoms with van der Waals surface area (Å²) in [6.07, 6.45) is 10.2. The normalized spacial score (nSPS) is 14.1. The zero-order valence-electron chi connectivity index (χ0n) is 21.5. The van der Waals surface area contributed by atoms with Crippen LogP contribution in [0, 0.1) is 0 Å². The molecule has 0 atom stereocenters. The van der Waals surface area contributed by atoms with Gasteiger partial charge in [-0.25, -0.2) is 4.98 Å². The molecule has 0 N–H and O–H groups in total. The van der Waals surface area contributed by atoms with Gasteiger partial charge in [0, 0.05) is 11.8 Å². The molecule has 0 saturated heterocycles. The van der Waals surface area contributed by atoms with Crippen LogP contribution in [-0.4, -0.2) is 28.7 Å². The van der Waals surface area contributed by atoms with E-state index in [2.05, 4.69) is 0 Å². The highest BCUT2D eigenvalue weighted by Gasteiger charge is 2.20. The van der Waals surface area contributed by atoms with E-state index >= 15 is 0 Å². The molecule has 2 aromatic heterocycles. The van der Waals surface area contributed by atoms with Crippen molar-refractivity contribution in [1.82, 2.24) is 9.38 Å². The molecule has 1 fully saturated rings. The second kappa shape index (κ2) is 10.9. The molecule has 0 radical (unpaired) electrons. The van der Waals surface area contributed by atoms with Crippen molar-refractivity contribution in [3.8, 4) is 28.4 Å². The Morgan fingerprint density at radius 2 is 1.81 bits per heavy atom. The molecule has 2 aromatic carbocycles. The van der Waals surface area contributed by atoms with Crippen LogP contribution in [0.3, 0.4) is 0 Å². The molecule has 6 nitrogen and oxygen atoms in total. The van der Waals surface area contributed by atoms with Gasteiger partial charge >= 0.3 is 0 Å². The molecule has 1 aliphatic rings. The zero-order chi connectivity index (χ0) is 25.8. The lowest BCUT2D eigenvalue weighted by molar-refractivity contribution is 0.200. The molecular formula is C31H32N2O4. The minimum Gasteiger partial charge on any atom is -0.493 e. The number of para-hydroxylation sites is 1. The van der Waals surface area contributed by atoms with Gasteiger partial charge in [0.25, 0.3) is 5.56 Å². The van der Waals surface area contributed by atoms with Crippen LogP contribution in [0.2, 0.25) is 0 Å². The summed E-state index contributed by atoms with van der Waals surface area (Å²) in [6.45, 7) is 3.96. The van der Waals surface area contributed by atoms with Crippen LogP contribution >= 0.6 is 0 Å². The van der Waals surface area contributed by atoms with Gasteiger partial charge in [-0.05, 0) is 87.6 Å². The molecule has 6 heteroatoms. The summed E-state index contributed by atoms with van der Waals surface area (Å²) < 4.78 is 19.5. The topological polar surface area (TPSA) is 62.1 Å². The fourth-order valence-corrected chi connectivity index (χ4v) is 4.79. The zero-order valence-corrected chi connectivity index (χ0v) is 21.5. The number of hydrogen-bond donors (Lipinski definition) is 0. The van der Waals surface area contributed by atoms with E-state index in [0.29, 0.717) is 28.4 Å². The molecule has 0 spiro atoms. The van der Waals surface area contributed by atoms with Gasteiger partial charge in [-0.3, -0.25) is 9.20 Å². The SMILES string of the molecule is COc1cccc(C=Cc2nc3ccccn3c(=O)c2-c2cccc(OC(C)C)c2)c1OC1CCCC1. The number of pyridine rings is 1. The van der Waals surface area contributed by atoms with Crippen molar-refractivity contribution in [3.05, 3.63) is 88.5 Å². The third-order valence-electron chi connectivity index (χ3n) is 6.49. The van der Waals surface area contributed by atoms with Crippen molar-refractivity contribution in [1.29, 1.82) is 0 Å². The van der Waals surface area contributed by atoms with E-state index in [-0.39, 0.29) is 17.8 Å². The minimum absolute atomic E-state index is 0.0248. The number of nitrogens with zero attached hydrogens (tertiary/aromatic N) is 2. The number of fused-ring (bicyclic) bond motifs is 1. The van der Waals surface area contributed by atoms with Gasteiger partial charge in [0.05, 0.1) is 30.6 Å². The molecule has 0 amide bonds. The van der Waals surface area contributed by atoms with Crippen LogP contribution in [0.5, 0.6) is 17.2 Å². The first-order valence-electron chi connectivity index (χ1n) is 12.8. The Balaban J connectivity index is 1.62. The molecule has 4 aromatic rings. The van der Waals surface area contributed by atoms with Gasteiger partial charge in [0.1, 0.15) is 11.4 Å². The highest BCUT2D eigenvalue weighted by molar-refractivity contribution is 5.81. The maximum absolute atomic E-state index is 13.7. The molecule has 1 aliphatic carbocycles. The Kier molecular flexibility index (Phi) is 7.26. The molecule has 37 heavy (non-hydrogen) atoms. The van der Waals surface area contributed by atoms with Crippen LogP contribution in [0.4, 0.5) is 0 Å². The highest BCUT2D eigenvalue weighted by Crippen LogP contribution is 2.36. The minimum atomic E-state index is -0.139. The Morgan fingerprint density at radius 1 is 1.00 bits per heavy atom. The van der Waals surface area contributed by atoms with E-state index in [1.54, 1.807) is 17.7 Å².